The number of aryl methyl sites for hydroxylation is 1. The van der Waals surface area contributed by atoms with Gasteiger partial charge in [-0.15, -0.1) is 10.2 Å². The van der Waals surface area contributed by atoms with Crippen molar-refractivity contribution in [3.8, 4) is 11.5 Å². The molecule has 1 atom stereocenters. The maximum absolute atomic E-state index is 6.08. The van der Waals surface area contributed by atoms with E-state index in [4.69, 9.17) is 20.3 Å². The van der Waals surface area contributed by atoms with E-state index in [-0.39, 0.29) is 12.8 Å². The lowest BCUT2D eigenvalue weighted by Crippen LogP contribution is -2.29. The fraction of sp³-hybridized carbons (Fsp3) is 0.261. The van der Waals surface area contributed by atoms with Crippen LogP contribution in [0.1, 0.15) is 41.1 Å². The molecule has 0 spiro atoms. The van der Waals surface area contributed by atoms with E-state index in [1.165, 1.54) is 11.3 Å². The largest absolute Gasteiger partial charge is 0.454 e. The Bertz CT molecular complexity index is 1220. The summed E-state index contributed by atoms with van der Waals surface area (Å²) in [4.78, 5) is 0. The number of nitrogens with zero attached hydrogens (tertiary/aromatic N) is 4. The molecule has 158 valence electrons. The normalized spacial score (nSPS) is 17.6. The molecule has 1 aromatic heterocycles. The minimum absolute atomic E-state index is 0.0814. The van der Waals surface area contributed by atoms with Crippen molar-refractivity contribution in [2.75, 3.05) is 17.5 Å². The van der Waals surface area contributed by atoms with Crippen LogP contribution in [0.25, 0.3) is 6.08 Å². The lowest BCUT2D eigenvalue weighted by Gasteiger charge is -2.21. The zero-order valence-electron chi connectivity index (χ0n) is 17.6. The number of rotatable bonds is 3. The fourth-order valence-corrected chi connectivity index (χ4v) is 4.70. The second-order valence-corrected chi connectivity index (χ2v) is 8.69. The average Bonchev–Trinajstić information content (AvgIpc) is 3.37. The second kappa shape index (κ2) is 7.70. The number of nitrogens with two attached hydrogens (primary N) is 1. The Hall–Kier alpha value is -3.39. The Balaban J connectivity index is 1.69. The third kappa shape index (κ3) is 3.53. The maximum Gasteiger partial charge on any atom is 0.231 e. The number of aromatic nitrogens is 2. The molecule has 7 nitrogen and oxygen atoms in total. The summed E-state index contributed by atoms with van der Waals surface area (Å²) in [5.74, 6) is 1.52. The Morgan fingerprint density at radius 1 is 1.16 bits per heavy atom. The van der Waals surface area contributed by atoms with E-state index < -0.39 is 0 Å². The van der Waals surface area contributed by atoms with Crippen molar-refractivity contribution in [3.63, 3.8) is 0 Å². The predicted molar refractivity (Wildman–Crippen MR) is 124 cm³/mol. The van der Waals surface area contributed by atoms with Gasteiger partial charge in [0, 0.05) is 16.8 Å². The first-order chi connectivity index (χ1) is 15.0. The lowest BCUT2D eigenvalue weighted by molar-refractivity contribution is 0.174. The zero-order valence-corrected chi connectivity index (χ0v) is 18.4. The summed E-state index contributed by atoms with van der Waals surface area (Å²) in [7, 11) is 0. The Morgan fingerprint density at radius 3 is 2.74 bits per heavy atom. The molecule has 0 fully saturated rings. The Morgan fingerprint density at radius 2 is 1.97 bits per heavy atom. The van der Waals surface area contributed by atoms with Crippen molar-refractivity contribution >= 4 is 33.9 Å². The number of ether oxygens (including phenoxy) is 2. The van der Waals surface area contributed by atoms with E-state index in [1.807, 2.05) is 49.2 Å². The van der Waals surface area contributed by atoms with Gasteiger partial charge in [-0.05, 0) is 68.7 Å². The minimum Gasteiger partial charge on any atom is -0.454 e. The maximum atomic E-state index is 6.08. The summed E-state index contributed by atoms with van der Waals surface area (Å²) in [6, 6.07) is 10.2. The van der Waals surface area contributed by atoms with Gasteiger partial charge >= 0.3 is 0 Å². The number of nitrogen functional groups attached to an aromatic ring is 1. The zero-order chi connectivity index (χ0) is 21.5. The van der Waals surface area contributed by atoms with E-state index in [0.717, 1.165) is 61.7 Å². The molecule has 0 aliphatic carbocycles. The minimum atomic E-state index is 0.0814. The summed E-state index contributed by atoms with van der Waals surface area (Å²) in [5.41, 5.74) is 11.9. The van der Waals surface area contributed by atoms with Crippen LogP contribution < -0.4 is 20.2 Å². The Labute approximate surface area is 184 Å². The number of benzene rings is 2. The van der Waals surface area contributed by atoms with E-state index >= 15 is 0 Å². The first-order valence-corrected chi connectivity index (χ1v) is 11.0. The van der Waals surface area contributed by atoms with Gasteiger partial charge in [0.1, 0.15) is 5.01 Å². The van der Waals surface area contributed by atoms with Gasteiger partial charge in [-0.25, -0.2) is 5.01 Å². The average molecular weight is 434 g/mol. The number of fused-ring (bicyclic) bond motifs is 2. The molecule has 0 radical (unpaired) electrons. The van der Waals surface area contributed by atoms with Gasteiger partial charge in [-0.1, -0.05) is 23.5 Å². The molecule has 0 saturated carbocycles. The topological polar surface area (TPSA) is 85.9 Å². The van der Waals surface area contributed by atoms with Crippen LogP contribution in [-0.4, -0.2) is 28.7 Å². The van der Waals surface area contributed by atoms with Crippen LogP contribution >= 0.6 is 11.3 Å². The second-order valence-electron chi connectivity index (χ2n) is 7.70. The van der Waals surface area contributed by atoms with E-state index in [1.54, 1.807) is 0 Å². The predicted octanol–water partition coefficient (Wildman–Crippen LogP) is 4.39. The molecular formula is C23H23N5O2S. The molecule has 3 heterocycles. The molecule has 2 N–H and O–H groups in total. The van der Waals surface area contributed by atoms with E-state index in [9.17, 15) is 0 Å². The summed E-state index contributed by atoms with van der Waals surface area (Å²) in [5, 5.41) is 17.4. The molecule has 0 unspecified atom stereocenters. The van der Waals surface area contributed by atoms with E-state index in [2.05, 4.69) is 29.3 Å². The lowest BCUT2D eigenvalue weighted by atomic mass is 9.93. The molecule has 0 amide bonds. The smallest absolute Gasteiger partial charge is 0.231 e. The van der Waals surface area contributed by atoms with Crippen LogP contribution in [-0.2, 0) is 6.42 Å². The highest BCUT2D eigenvalue weighted by molar-refractivity contribution is 7.16. The van der Waals surface area contributed by atoms with Crippen LogP contribution in [0.15, 0.2) is 41.5 Å². The van der Waals surface area contributed by atoms with Crippen molar-refractivity contribution in [1.29, 1.82) is 0 Å². The molecule has 2 aliphatic rings. The Kier molecular flexibility index (Phi) is 4.86. The summed E-state index contributed by atoms with van der Waals surface area (Å²) in [6.07, 6.45) is 4.69. The fourth-order valence-electron chi connectivity index (χ4n) is 3.83. The van der Waals surface area contributed by atoms with Crippen molar-refractivity contribution in [2.45, 2.75) is 33.2 Å². The molecule has 8 heteroatoms. The van der Waals surface area contributed by atoms with Crippen LogP contribution in [0.3, 0.4) is 0 Å². The summed E-state index contributed by atoms with van der Waals surface area (Å²) < 4.78 is 11.3. The molecule has 3 aromatic rings. The van der Waals surface area contributed by atoms with Crippen molar-refractivity contribution in [1.82, 2.24) is 10.2 Å². The van der Waals surface area contributed by atoms with Gasteiger partial charge in [0.25, 0.3) is 0 Å². The first-order valence-electron chi connectivity index (χ1n) is 10.2. The first kappa shape index (κ1) is 19.6. The molecule has 2 aromatic carbocycles. The van der Waals surface area contributed by atoms with Crippen LogP contribution in [0.4, 0.5) is 10.8 Å². The van der Waals surface area contributed by atoms with Gasteiger partial charge < -0.3 is 15.2 Å². The summed E-state index contributed by atoms with van der Waals surface area (Å²) >= 11 is 1.52. The van der Waals surface area contributed by atoms with Gasteiger partial charge in [0.2, 0.25) is 11.9 Å². The van der Waals surface area contributed by atoms with E-state index in [0.29, 0.717) is 0 Å². The highest BCUT2D eigenvalue weighted by atomic mass is 32.1. The number of hydrazone groups is 1. The number of hydrogen-bond acceptors (Lipinski definition) is 8. The third-order valence-electron chi connectivity index (χ3n) is 5.47. The van der Waals surface area contributed by atoms with Crippen LogP contribution in [0.2, 0.25) is 0 Å². The van der Waals surface area contributed by atoms with Gasteiger partial charge in [-0.2, -0.15) is 5.10 Å². The van der Waals surface area contributed by atoms with Crippen molar-refractivity contribution < 1.29 is 9.47 Å². The van der Waals surface area contributed by atoms with Crippen LogP contribution in [0, 0.1) is 6.92 Å². The van der Waals surface area contributed by atoms with Crippen molar-refractivity contribution in [2.24, 2.45) is 5.10 Å². The highest BCUT2D eigenvalue weighted by Crippen LogP contribution is 2.38. The quantitative estimate of drug-likeness (QED) is 0.617. The van der Waals surface area contributed by atoms with Gasteiger partial charge in [0.15, 0.2) is 11.5 Å². The number of hydrogen-bond donors (Lipinski definition) is 1. The van der Waals surface area contributed by atoms with Crippen LogP contribution in [0.5, 0.6) is 11.5 Å². The molecule has 0 saturated heterocycles. The van der Waals surface area contributed by atoms with Crippen molar-refractivity contribution in [3.05, 3.63) is 63.7 Å². The van der Waals surface area contributed by atoms with Gasteiger partial charge in [-0.3, -0.25) is 0 Å². The molecule has 5 rings (SSSR count). The SMILES string of the molecule is CC=Cc1nnc(N2N=C(c3ccc(N)c(C)c3)c3cc4c(cc3C[C@H]2C)OCO4)s1. The number of allylic oxidation sites excluding steroid dienone is 1. The summed E-state index contributed by atoms with van der Waals surface area (Å²) in [6.45, 7) is 6.36. The van der Waals surface area contributed by atoms with Gasteiger partial charge in [0.05, 0.1) is 11.8 Å². The molecular weight excluding hydrogens is 410 g/mol. The standard InChI is InChI=1S/C23H23N5O2S/c1-4-5-21-25-26-23(31-21)28-14(3)9-16-10-19-20(30-12-29-19)11-17(16)22(27-28)15-6-7-18(24)13(2)8-15/h4-8,10-11,14H,9,12,24H2,1-3H3/t14-/m1/s1. The highest BCUT2D eigenvalue weighted by Gasteiger charge is 2.29. The molecule has 31 heavy (non-hydrogen) atoms. The third-order valence-corrected chi connectivity index (χ3v) is 6.35. The molecule has 2 aliphatic heterocycles. The number of anilines is 2. The monoisotopic (exact) mass is 433 g/mol. The molecule has 0 bridgehead atoms.